The van der Waals surface area contributed by atoms with Crippen molar-refractivity contribution in [2.24, 2.45) is 0 Å². The molecule has 4 rings (SSSR count). The van der Waals surface area contributed by atoms with E-state index in [0.29, 0.717) is 18.7 Å². The molecule has 0 bridgehead atoms. The molecule has 0 spiro atoms. The van der Waals surface area contributed by atoms with Crippen molar-refractivity contribution in [3.8, 4) is 5.75 Å². The molecule has 5 nitrogen and oxygen atoms in total. The summed E-state index contributed by atoms with van der Waals surface area (Å²) in [6.45, 7) is 5.64. The van der Waals surface area contributed by atoms with Crippen molar-refractivity contribution in [3.05, 3.63) is 87.1 Å². The van der Waals surface area contributed by atoms with E-state index >= 15 is 0 Å². The lowest BCUT2D eigenvalue weighted by Gasteiger charge is -2.37. The summed E-state index contributed by atoms with van der Waals surface area (Å²) in [5.41, 5.74) is 4.16. The van der Waals surface area contributed by atoms with Gasteiger partial charge in [0.1, 0.15) is 12.3 Å². The average molecular weight is 547 g/mol. The molecule has 1 atom stereocenters. The van der Waals surface area contributed by atoms with Crippen LogP contribution in [0, 0.1) is 0 Å². The molecule has 6 heteroatoms. The molecule has 3 aromatic rings. The van der Waals surface area contributed by atoms with Crippen LogP contribution in [0.1, 0.15) is 90.3 Å². The van der Waals surface area contributed by atoms with E-state index in [1.807, 2.05) is 41.3 Å². The van der Waals surface area contributed by atoms with Crippen molar-refractivity contribution in [3.63, 3.8) is 0 Å². The number of rotatable bonds is 13. The fraction of sp³-hybridized carbons (Fsp3) is 0.455. The zero-order chi connectivity index (χ0) is 27.6. The van der Waals surface area contributed by atoms with Gasteiger partial charge in [0.2, 0.25) is 5.91 Å². The van der Waals surface area contributed by atoms with Gasteiger partial charge in [0.15, 0.2) is 0 Å². The number of hydrogen-bond acceptors (Lipinski definition) is 4. The predicted octanol–water partition coefficient (Wildman–Crippen LogP) is 7.30. The van der Waals surface area contributed by atoms with E-state index < -0.39 is 0 Å². The van der Waals surface area contributed by atoms with Crippen LogP contribution in [0.3, 0.4) is 0 Å². The van der Waals surface area contributed by atoms with Crippen LogP contribution in [-0.4, -0.2) is 48.4 Å². The zero-order valence-corrected chi connectivity index (χ0v) is 24.5. The summed E-state index contributed by atoms with van der Waals surface area (Å²) in [5, 5.41) is 2.11. The summed E-state index contributed by atoms with van der Waals surface area (Å²) in [6, 6.07) is 18.0. The summed E-state index contributed by atoms with van der Waals surface area (Å²) >= 11 is 1.75. The molecule has 0 unspecified atom stereocenters. The smallest absolute Gasteiger partial charge is 0.254 e. The largest absolute Gasteiger partial charge is 0.497 e. The summed E-state index contributed by atoms with van der Waals surface area (Å²) in [7, 11) is 1.66. The molecule has 0 saturated carbocycles. The third-order valence-electron chi connectivity index (χ3n) is 7.63. The Morgan fingerprint density at radius 2 is 1.69 bits per heavy atom. The molecule has 1 aliphatic rings. The lowest BCUT2D eigenvalue weighted by Crippen LogP contribution is -2.47. The minimum atomic E-state index is -0.159. The van der Waals surface area contributed by atoms with E-state index in [0.717, 1.165) is 37.0 Å². The van der Waals surface area contributed by atoms with E-state index in [-0.39, 0.29) is 24.4 Å². The molecular formula is C33H42N2O3S. The van der Waals surface area contributed by atoms with Crippen molar-refractivity contribution in [2.75, 3.05) is 26.7 Å². The maximum atomic E-state index is 13.9. The number of fused-ring (bicyclic) bond motifs is 1. The Morgan fingerprint density at radius 1 is 0.949 bits per heavy atom. The highest BCUT2D eigenvalue weighted by molar-refractivity contribution is 7.10. The molecule has 0 N–H and O–H groups in total. The van der Waals surface area contributed by atoms with Gasteiger partial charge in [0, 0.05) is 23.5 Å². The van der Waals surface area contributed by atoms with E-state index in [4.69, 9.17) is 4.74 Å². The first-order valence-corrected chi connectivity index (χ1v) is 15.3. The zero-order valence-electron chi connectivity index (χ0n) is 23.7. The van der Waals surface area contributed by atoms with E-state index in [1.54, 1.807) is 23.3 Å². The SMILES string of the molecule is CCCCCCc1ccc(C(=O)N(CCCC)CC(=O)N2CCc3sccc3[C@H]2c2ccc(OC)cc2)cc1. The Morgan fingerprint density at radius 3 is 2.38 bits per heavy atom. The van der Waals surface area contributed by atoms with Crippen molar-refractivity contribution >= 4 is 23.2 Å². The van der Waals surface area contributed by atoms with Gasteiger partial charge in [0.05, 0.1) is 13.2 Å². The van der Waals surface area contributed by atoms with E-state index in [9.17, 15) is 9.59 Å². The first-order chi connectivity index (χ1) is 19.0. The number of thiophene rings is 1. The van der Waals surface area contributed by atoms with Crippen LogP contribution >= 0.6 is 11.3 Å². The summed E-state index contributed by atoms with van der Waals surface area (Å²) in [6.07, 6.45) is 8.62. The standard InChI is InChI=1S/C33H42N2O3S/c1-4-6-8-9-10-25-11-13-27(14-12-25)33(37)34(21-7-5-2)24-31(36)35-22-19-30-29(20-23-39-30)32(35)26-15-17-28(38-3)18-16-26/h11-18,20,23,32H,4-10,19,21-22,24H2,1-3H3/t32-/m1/s1. The molecule has 1 aliphatic heterocycles. The molecule has 0 saturated heterocycles. The average Bonchev–Trinajstić information content (AvgIpc) is 3.46. The van der Waals surface area contributed by atoms with Gasteiger partial charge in [0.25, 0.3) is 5.91 Å². The number of carbonyl (C=O) groups is 2. The molecule has 2 amide bonds. The fourth-order valence-corrected chi connectivity index (χ4v) is 6.24. The van der Waals surface area contributed by atoms with Crippen molar-refractivity contribution in [1.29, 1.82) is 0 Å². The molecule has 2 aromatic carbocycles. The maximum absolute atomic E-state index is 13.9. The molecule has 39 heavy (non-hydrogen) atoms. The lowest BCUT2D eigenvalue weighted by molar-refractivity contribution is -0.134. The normalized spacial score (nSPS) is 14.6. The molecule has 1 aromatic heterocycles. The third-order valence-corrected chi connectivity index (χ3v) is 8.63. The monoisotopic (exact) mass is 546 g/mol. The fourth-order valence-electron chi connectivity index (χ4n) is 5.34. The van der Waals surface area contributed by atoms with E-state index in [1.165, 1.54) is 41.7 Å². The Balaban J connectivity index is 1.50. The van der Waals surface area contributed by atoms with Crippen molar-refractivity contribution < 1.29 is 14.3 Å². The van der Waals surface area contributed by atoms with Crippen LogP contribution in [0.25, 0.3) is 0 Å². The van der Waals surface area contributed by atoms with Crippen molar-refractivity contribution in [1.82, 2.24) is 9.80 Å². The molecule has 0 fully saturated rings. The number of methoxy groups -OCH3 is 1. The van der Waals surface area contributed by atoms with Gasteiger partial charge >= 0.3 is 0 Å². The topological polar surface area (TPSA) is 49.9 Å². The molecular weight excluding hydrogens is 504 g/mol. The second-order valence-electron chi connectivity index (χ2n) is 10.4. The maximum Gasteiger partial charge on any atom is 0.254 e. The van der Waals surface area contributed by atoms with Crippen LogP contribution in [0.15, 0.2) is 60.0 Å². The van der Waals surface area contributed by atoms with Gasteiger partial charge in [-0.1, -0.05) is 63.8 Å². The van der Waals surface area contributed by atoms with Crippen LogP contribution < -0.4 is 4.74 Å². The quantitative estimate of drug-likeness (QED) is 0.211. The van der Waals surface area contributed by atoms with Crippen molar-refractivity contribution in [2.45, 2.75) is 71.3 Å². The number of carbonyl (C=O) groups excluding carboxylic acids is 2. The van der Waals surface area contributed by atoms with Gasteiger partial charge in [-0.3, -0.25) is 9.59 Å². The van der Waals surface area contributed by atoms with Crippen LogP contribution in [0.5, 0.6) is 5.75 Å². The van der Waals surface area contributed by atoms with Crippen LogP contribution in [0.4, 0.5) is 0 Å². The minimum absolute atomic E-state index is 0.00957. The van der Waals surface area contributed by atoms with Gasteiger partial charge in [-0.05, 0) is 78.1 Å². The first-order valence-electron chi connectivity index (χ1n) is 14.4. The van der Waals surface area contributed by atoms with Gasteiger partial charge < -0.3 is 14.5 Å². The molecule has 2 heterocycles. The number of amides is 2. The predicted molar refractivity (Wildman–Crippen MR) is 160 cm³/mol. The van der Waals surface area contributed by atoms with Crippen LogP contribution in [-0.2, 0) is 17.6 Å². The van der Waals surface area contributed by atoms with E-state index in [2.05, 4.69) is 37.4 Å². The van der Waals surface area contributed by atoms with Gasteiger partial charge in [-0.2, -0.15) is 0 Å². The highest BCUT2D eigenvalue weighted by atomic mass is 32.1. The second-order valence-corrected chi connectivity index (χ2v) is 11.4. The van der Waals surface area contributed by atoms with Crippen LogP contribution in [0.2, 0.25) is 0 Å². The summed E-state index contributed by atoms with van der Waals surface area (Å²) in [4.78, 5) is 32.5. The highest BCUT2D eigenvalue weighted by Crippen LogP contribution is 2.38. The number of aryl methyl sites for hydroxylation is 1. The Hall–Kier alpha value is -3.12. The van der Waals surface area contributed by atoms with Gasteiger partial charge in [-0.25, -0.2) is 0 Å². The Kier molecular flexibility index (Phi) is 10.6. The second kappa shape index (κ2) is 14.3. The number of nitrogens with zero attached hydrogens (tertiary/aromatic N) is 2. The summed E-state index contributed by atoms with van der Waals surface area (Å²) < 4.78 is 5.36. The number of unbranched alkanes of at least 4 members (excludes halogenated alkanes) is 4. The first kappa shape index (κ1) is 28.9. The Bertz CT molecular complexity index is 1200. The summed E-state index contributed by atoms with van der Waals surface area (Å²) in [5.74, 6) is 0.717. The minimum Gasteiger partial charge on any atom is -0.497 e. The molecule has 208 valence electrons. The number of hydrogen-bond donors (Lipinski definition) is 0. The number of benzene rings is 2. The van der Waals surface area contributed by atoms with Gasteiger partial charge in [-0.15, -0.1) is 11.3 Å². The lowest BCUT2D eigenvalue weighted by atomic mass is 9.93. The highest BCUT2D eigenvalue weighted by Gasteiger charge is 2.34. The number of ether oxygens (including phenoxy) is 1. The molecule has 0 aliphatic carbocycles. The third kappa shape index (κ3) is 7.30. The Labute approximate surface area is 237 Å². The molecule has 0 radical (unpaired) electrons.